The predicted molar refractivity (Wildman–Crippen MR) is 82.3 cm³/mol. The van der Waals surface area contributed by atoms with E-state index in [1.165, 1.54) is 6.92 Å². The zero-order valence-electron chi connectivity index (χ0n) is 11.6. The summed E-state index contributed by atoms with van der Waals surface area (Å²) in [7, 11) is 0. The van der Waals surface area contributed by atoms with E-state index in [-0.39, 0.29) is 24.1 Å². The van der Waals surface area contributed by atoms with Crippen molar-refractivity contribution in [3.8, 4) is 0 Å². The molecule has 4 nitrogen and oxygen atoms in total. The third kappa shape index (κ3) is 3.81. The van der Waals surface area contributed by atoms with Crippen LogP contribution in [-0.4, -0.2) is 17.2 Å². The van der Waals surface area contributed by atoms with E-state index in [2.05, 4.69) is 5.32 Å². The molecule has 1 amide bonds. The molecule has 0 unspecified atom stereocenters. The molecule has 0 heterocycles. The Morgan fingerprint density at radius 1 is 1.20 bits per heavy atom. The highest BCUT2D eigenvalue weighted by Gasteiger charge is 2.35. The molecule has 2 rings (SSSR count). The summed E-state index contributed by atoms with van der Waals surface area (Å²) in [6.45, 7) is 1.51. The fraction of sp³-hybridized carbons (Fsp3) is 0.467. The topological polar surface area (TPSA) is 72.2 Å². The van der Waals surface area contributed by atoms with Crippen LogP contribution in [0.3, 0.4) is 0 Å². The first-order valence-corrected chi connectivity index (χ1v) is 6.73. The van der Waals surface area contributed by atoms with Crippen LogP contribution in [0, 0.1) is 0 Å². The minimum Gasteiger partial charge on any atom is -0.324 e. The molecular weight excluding hydrogens is 276 g/mol. The van der Waals surface area contributed by atoms with Crippen LogP contribution in [0.15, 0.2) is 24.3 Å². The van der Waals surface area contributed by atoms with Crippen molar-refractivity contribution in [3.63, 3.8) is 0 Å². The van der Waals surface area contributed by atoms with E-state index in [1.807, 2.05) is 0 Å². The number of nitrogens with one attached hydrogen (secondary N) is 1. The van der Waals surface area contributed by atoms with Gasteiger partial charge in [0.25, 0.3) is 0 Å². The van der Waals surface area contributed by atoms with E-state index in [4.69, 9.17) is 5.73 Å². The Kier molecular flexibility index (Phi) is 5.72. The molecule has 0 aromatic heterocycles. The van der Waals surface area contributed by atoms with Crippen molar-refractivity contribution in [2.75, 3.05) is 5.32 Å². The molecule has 0 atom stereocenters. The van der Waals surface area contributed by atoms with Gasteiger partial charge in [0, 0.05) is 11.3 Å². The smallest absolute Gasteiger partial charge is 0.244 e. The molecule has 3 N–H and O–H groups in total. The quantitative estimate of drug-likeness (QED) is 0.842. The fourth-order valence-corrected chi connectivity index (χ4v) is 2.48. The number of nitrogens with two attached hydrogens (primary N) is 1. The van der Waals surface area contributed by atoms with E-state index in [0.717, 1.165) is 32.1 Å². The van der Waals surface area contributed by atoms with Crippen molar-refractivity contribution in [1.29, 1.82) is 0 Å². The van der Waals surface area contributed by atoms with Crippen LogP contribution < -0.4 is 11.1 Å². The lowest BCUT2D eigenvalue weighted by Gasteiger charge is -2.31. The number of carbonyl (C=O) groups excluding carboxylic acids is 2. The maximum absolute atomic E-state index is 12.2. The van der Waals surface area contributed by atoms with Crippen molar-refractivity contribution in [3.05, 3.63) is 29.8 Å². The molecule has 1 aromatic rings. The molecule has 1 aromatic carbocycles. The largest absolute Gasteiger partial charge is 0.324 e. The van der Waals surface area contributed by atoms with Crippen LogP contribution >= 0.6 is 12.4 Å². The number of benzene rings is 1. The van der Waals surface area contributed by atoms with Crippen LogP contribution in [0.1, 0.15) is 49.4 Å². The minimum atomic E-state index is -0.759. The maximum Gasteiger partial charge on any atom is 0.244 e. The molecule has 20 heavy (non-hydrogen) atoms. The summed E-state index contributed by atoms with van der Waals surface area (Å²) in [6, 6.07) is 6.95. The first-order valence-electron chi connectivity index (χ1n) is 6.73. The van der Waals surface area contributed by atoms with Crippen LogP contribution in [0.25, 0.3) is 0 Å². The van der Waals surface area contributed by atoms with Crippen molar-refractivity contribution in [1.82, 2.24) is 0 Å². The highest BCUT2D eigenvalue weighted by molar-refractivity contribution is 6.00. The van der Waals surface area contributed by atoms with Gasteiger partial charge in [-0.15, -0.1) is 12.4 Å². The summed E-state index contributed by atoms with van der Waals surface area (Å²) in [5.74, 6) is -0.163. The van der Waals surface area contributed by atoms with Crippen molar-refractivity contribution in [2.24, 2.45) is 5.73 Å². The van der Waals surface area contributed by atoms with Gasteiger partial charge in [-0.3, -0.25) is 9.59 Å². The Bertz CT molecular complexity index is 496. The number of carbonyl (C=O) groups is 2. The Labute approximate surface area is 125 Å². The number of hydrogen-bond acceptors (Lipinski definition) is 3. The lowest BCUT2D eigenvalue weighted by molar-refractivity contribution is -0.122. The van der Waals surface area contributed by atoms with Crippen molar-refractivity contribution < 1.29 is 9.59 Å². The number of hydrogen-bond donors (Lipinski definition) is 2. The molecule has 1 fully saturated rings. The highest BCUT2D eigenvalue weighted by atomic mass is 35.5. The summed E-state index contributed by atoms with van der Waals surface area (Å²) >= 11 is 0. The summed E-state index contributed by atoms with van der Waals surface area (Å²) in [5, 5.41) is 2.83. The zero-order chi connectivity index (χ0) is 13.9. The molecule has 1 aliphatic carbocycles. The van der Waals surface area contributed by atoms with Crippen LogP contribution in [0.2, 0.25) is 0 Å². The second kappa shape index (κ2) is 6.86. The molecule has 1 aliphatic rings. The lowest BCUT2D eigenvalue weighted by Crippen LogP contribution is -2.52. The third-order valence-corrected chi connectivity index (χ3v) is 3.72. The van der Waals surface area contributed by atoms with Crippen LogP contribution in [-0.2, 0) is 4.79 Å². The average molecular weight is 297 g/mol. The standard InChI is InChI=1S/C15H20N2O2.ClH/c1-11(18)12-6-5-7-13(10-12)17-14(19)15(16)8-3-2-4-9-15;/h5-7,10H,2-4,8-9,16H2,1H3,(H,17,19);1H. The fourth-order valence-electron chi connectivity index (χ4n) is 2.48. The van der Waals surface area contributed by atoms with Crippen LogP contribution in [0.4, 0.5) is 5.69 Å². The second-order valence-electron chi connectivity index (χ2n) is 5.31. The molecule has 5 heteroatoms. The predicted octanol–water partition coefficient (Wildman–Crippen LogP) is 2.91. The summed E-state index contributed by atoms with van der Waals surface area (Å²) in [6.07, 6.45) is 4.59. The number of amides is 1. The zero-order valence-corrected chi connectivity index (χ0v) is 12.5. The third-order valence-electron chi connectivity index (χ3n) is 3.72. The molecular formula is C15H21ClN2O2. The molecule has 0 spiro atoms. The van der Waals surface area contributed by atoms with Crippen LogP contribution in [0.5, 0.6) is 0 Å². The Morgan fingerprint density at radius 2 is 1.85 bits per heavy atom. The number of Topliss-reactive ketones (excluding diaryl/α,β-unsaturated/α-hetero) is 1. The molecule has 110 valence electrons. The molecule has 0 bridgehead atoms. The van der Waals surface area contributed by atoms with E-state index >= 15 is 0 Å². The van der Waals surface area contributed by atoms with Gasteiger partial charge >= 0.3 is 0 Å². The SMILES string of the molecule is CC(=O)c1cccc(NC(=O)C2(N)CCCCC2)c1.Cl. The maximum atomic E-state index is 12.2. The normalized spacial score (nSPS) is 16.9. The summed E-state index contributed by atoms with van der Waals surface area (Å²) < 4.78 is 0. The highest BCUT2D eigenvalue weighted by Crippen LogP contribution is 2.27. The number of rotatable bonds is 3. The first-order chi connectivity index (χ1) is 9.01. The monoisotopic (exact) mass is 296 g/mol. The molecule has 1 saturated carbocycles. The van der Waals surface area contributed by atoms with Gasteiger partial charge in [-0.05, 0) is 31.9 Å². The van der Waals surface area contributed by atoms with Crippen molar-refractivity contribution >= 4 is 29.8 Å². The van der Waals surface area contributed by atoms with Gasteiger partial charge in [0.2, 0.25) is 5.91 Å². The van der Waals surface area contributed by atoms with Gasteiger partial charge in [0.05, 0.1) is 5.54 Å². The van der Waals surface area contributed by atoms with Gasteiger partial charge in [-0.25, -0.2) is 0 Å². The van der Waals surface area contributed by atoms with E-state index in [1.54, 1.807) is 24.3 Å². The Balaban J connectivity index is 0.00000200. The number of ketones is 1. The summed E-state index contributed by atoms with van der Waals surface area (Å²) in [5.41, 5.74) is 6.63. The number of anilines is 1. The second-order valence-corrected chi connectivity index (χ2v) is 5.31. The van der Waals surface area contributed by atoms with E-state index in [0.29, 0.717) is 11.3 Å². The van der Waals surface area contributed by atoms with Crippen molar-refractivity contribution in [2.45, 2.75) is 44.6 Å². The van der Waals surface area contributed by atoms with E-state index < -0.39 is 5.54 Å². The molecule has 0 radical (unpaired) electrons. The average Bonchev–Trinajstić information content (AvgIpc) is 2.40. The van der Waals surface area contributed by atoms with Gasteiger partial charge in [-0.2, -0.15) is 0 Å². The first kappa shape index (κ1) is 16.7. The number of halogens is 1. The Morgan fingerprint density at radius 3 is 2.45 bits per heavy atom. The minimum absolute atomic E-state index is 0. The molecule has 0 saturated heterocycles. The van der Waals surface area contributed by atoms with Gasteiger partial charge in [-0.1, -0.05) is 31.4 Å². The van der Waals surface area contributed by atoms with E-state index in [9.17, 15) is 9.59 Å². The van der Waals surface area contributed by atoms with Gasteiger partial charge in [0.1, 0.15) is 0 Å². The van der Waals surface area contributed by atoms with Gasteiger partial charge in [0.15, 0.2) is 5.78 Å². The summed E-state index contributed by atoms with van der Waals surface area (Å²) in [4.78, 5) is 23.6. The van der Waals surface area contributed by atoms with Gasteiger partial charge < -0.3 is 11.1 Å². The molecule has 0 aliphatic heterocycles. The lowest BCUT2D eigenvalue weighted by atomic mass is 9.82. The Hall–Kier alpha value is -1.39.